The second-order valence-electron chi connectivity index (χ2n) is 4.05. The number of hydrogen-bond acceptors (Lipinski definition) is 3. The Kier molecular flexibility index (Phi) is 3.14. The molecular weight excluding hydrogens is 209 g/mol. The molecule has 1 aromatic heterocycles. The van der Waals surface area contributed by atoms with Gasteiger partial charge in [-0.15, -0.1) is 0 Å². The zero-order valence-corrected chi connectivity index (χ0v) is 8.82. The van der Waals surface area contributed by atoms with Crippen molar-refractivity contribution in [3.63, 3.8) is 0 Å². The molecule has 0 spiro atoms. The van der Waals surface area contributed by atoms with Gasteiger partial charge in [0.05, 0.1) is 12.1 Å². The number of carbonyl (C=O) groups excluding carboxylic acids is 1. The molecule has 1 heterocycles. The largest absolute Gasteiger partial charge is 0.327 e. The third kappa shape index (κ3) is 2.36. The van der Waals surface area contributed by atoms with Crippen LogP contribution in [0.4, 0.5) is 10.2 Å². The van der Waals surface area contributed by atoms with E-state index in [1.807, 2.05) is 0 Å². The minimum absolute atomic E-state index is 0.0690. The van der Waals surface area contributed by atoms with Crippen LogP contribution >= 0.6 is 0 Å². The number of nitrogens with zero attached hydrogens (tertiary/aromatic N) is 1. The molecule has 0 radical (unpaired) electrons. The van der Waals surface area contributed by atoms with Gasteiger partial charge in [-0.1, -0.05) is 6.42 Å². The number of aromatic nitrogens is 1. The summed E-state index contributed by atoms with van der Waals surface area (Å²) < 4.78 is 12.6. The molecular formula is C11H14FN3O. The van der Waals surface area contributed by atoms with E-state index in [0.29, 0.717) is 5.82 Å². The standard InChI is InChI=1S/C11H14FN3O/c12-7-4-5-10(14-6-7)15-11(16)8-2-1-3-9(8)13/h4-6,8-9H,1-3,13H2,(H,14,15,16). The van der Waals surface area contributed by atoms with Gasteiger partial charge in [0, 0.05) is 6.04 Å². The number of hydrogen-bond donors (Lipinski definition) is 2. The van der Waals surface area contributed by atoms with E-state index in [1.165, 1.54) is 12.1 Å². The van der Waals surface area contributed by atoms with E-state index in [0.717, 1.165) is 25.5 Å². The minimum atomic E-state index is -0.421. The van der Waals surface area contributed by atoms with Crippen LogP contribution in [0.2, 0.25) is 0 Å². The second kappa shape index (κ2) is 4.57. The summed E-state index contributed by atoms with van der Waals surface area (Å²) in [7, 11) is 0. The summed E-state index contributed by atoms with van der Waals surface area (Å²) in [5, 5.41) is 2.64. The molecule has 1 aliphatic rings. The van der Waals surface area contributed by atoms with Gasteiger partial charge in [-0.25, -0.2) is 9.37 Å². The highest BCUT2D eigenvalue weighted by atomic mass is 19.1. The lowest BCUT2D eigenvalue weighted by atomic mass is 10.0. The number of carbonyl (C=O) groups is 1. The topological polar surface area (TPSA) is 68.0 Å². The molecule has 16 heavy (non-hydrogen) atoms. The zero-order chi connectivity index (χ0) is 11.5. The molecule has 1 amide bonds. The van der Waals surface area contributed by atoms with E-state index in [-0.39, 0.29) is 17.9 Å². The molecule has 1 saturated carbocycles. The number of nitrogens with one attached hydrogen (secondary N) is 1. The quantitative estimate of drug-likeness (QED) is 0.793. The van der Waals surface area contributed by atoms with Crippen molar-refractivity contribution in [2.45, 2.75) is 25.3 Å². The van der Waals surface area contributed by atoms with Crippen LogP contribution in [-0.4, -0.2) is 16.9 Å². The fraction of sp³-hybridized carbons (Fsp3) is 0.455. The Morgan fingerprint density at radius 1 is 1.50 bits per heavy atom. The van der Waals surface area contributed by atoms with Crippen LogP contribution in [-0.2, 0) is 4.79 Å². The molecule has 86 valence electrons. The van der Waals surface area contributed by atoms with E-state index in [9.17, 15) is 9.18 Å². The fourth-order valence-electron chi connectivity index (χ4n) is 1.98. The van der Waals surface area contributed by atoms with Gasteiger partial charge < -0.3 is 11.1 Å². The Morgan fingerprint density at radius 2 is 2.31 bits per heavy atom. The Morgan fingerprint density at radius 3 is 2.88 bits per heavy atom. The minimum Gasteiger partial charge on any atom is -0.327 e. The molecule has 0 aromatic carbocycles. The first kappa shape index (κ1) is 11.0. The summed E-state index contributed by atoms with van der Waals surface area (Å²) in [4.78, 5) is 15.6. The van der Waals surface area contributed by atoms with Gasteiger partial charge in [-0.3, -0.25) is 4.79 Å². The van der Waals surface area contributed by atoms with Crippen molar-refractivity contribution < 1.29 is 9.18 Å². The predicted molar refractivity (Wildman–Crippen MR) is 58.1 cm³/mol. The highest BCUT2D eigenvalue weighted by molar-refractivity contribution is 5.92. The number of pyridine rings is 1. The maximum atomic E-state index is 12.6. The van der Waals surface area contributed by atoms with Crippen molar-refractivity contribution in [3.8, 4) is 0 Å². The molecule has 0 saturated heterocycles. The number of rotatable bonds is 2. The van der Waals surface area contributed by atoms with Crippen LogP contribution < -0.4 is 11.1 Å². The normalized spacial score (nSPS) is 24.4. The number of nitrogens with two attached hydrogens (primary N) is 1. The van der Waals surface area contributed by atoms with E-state index < -0.39 is 5.82 Å². The third-order valence-electron chi connectivity index (χ3n) is 2.88. The monoisotopic (exact) mass is 223 g/mol. The van der Waals surface area contributed by atoms with Crippen molar-refractivity contribution in [1.82, 2.24) is 4.98 Å². The second-order valence-corrected chi connectivity index (χ2v) is 4.05. The molecule has 0 aliphatic heterocycles. The first-order chi connectivity index (χ1) is 7.66. The molecule has 1 aliphatic carbocycles. The number of amides is 1. The fourth-order valence-corrected chi connectivity index (χ4v) is 1.98. The van der Waals surface area contributed by atoms with Crippen LogP contribution in [0.25, 0.3) is 0 Å². The lowest BCUT2D eigenvalue weighted by Gasteiger charge is -2.14. The van der Waals surface area contributed by atoms with E-state index in [2.05, 4.69) is 10.3 Å². The maximum absolute atomic E-state index is 12.6. The van der Waals surface area contributed by atoms with Crippen LogP contribution in [0.15, 0.2) is 18.3 Å². The van der Waals surface area contributed by atoms with Crippen LogP contribution in [0.3, 0.4) is 0 Å². The predicted octanol–water partition coefficient (Wildman–Crippen LogP) is 1.29. The molecule has 2 unspecified atom stereocenters. The van der Waals surface area contributed by atoms with Crippen LogP contribution in [0.1, 0.15) is 19.3 Å². The summed E-state index contributed by atoms with van der Waals surface area (Å²) in [6.07, 6.45) is 3.75. The molecule has 2 atom stereocenters. The Bertz CT molecular complexity index is 379. The lowest BCUT2D eigenvalue weighted by Crippen LogP contribution is -2.34. The molecule has 3 N–H and O–H groups in total. The van der Waals surface area contributed by atoms with Gasteiger partial charge in [0.15, 0.2) is 0 Å². The van der Waals surface area contributed by atoms with Crippen molar-refractivity contribution in [3.05, 3.63) is 24.1 Å². The average molecular weight is 223 g/mol. The Hall–Kier alpha value is -1.49. The Balaban J connectivity index is 1.99. The van der Waals surface area contributed by atoms with Crippen LogP contribution in [0.5, 0.6) is 0 Å². The molecule has 0 bridgehead atoms. The van der Waals surface area contributed by atoms with Crippen LogP contribution in [0, 0.1) is 11.7 Å². The average Bonchev–Trinajstić information content (AvgIpc) is 2.68. The third-order valence-corrected chi connectivity index (χ3v) is 2.88. The summed E-state index contributed by atoms with van der Waals surface area (Å²) in [6.45, 7) is 0. The van der Waals surface area contributed by atoms with Crippen molar-refractivity contribution in [1.29, 1.82) is 0 Å². The first-order valence-electron chi connectivity index (χ1n) is 5.35. The van der Waals surface area contributed by atoms with Gasteiger partial charge in [0.1, 0.15) is 11.6 Å². The summed E-state index contributed by atoms with van der Waals surface area (Å²) in [6, 6.07) is 2.63. The van der Waals surface area contributed by atoms with Gasteiger partial charge in [-0.2, -0.15) is 0 Å². The van der Waals surface area contributed by atoms with Crippen molar-refractivity contribution in [2.75, 3.05) is 5.32 Å². The van der Waals surface area contributed by atoms with Crippen molar-refractivity contribution in [2.24, 2.45) is 11.7 Å². The molecule has 4 nitrogen and oxygen atoms in total. The Labute approximate surface area is 93.1 Å². The zero-order valence-electron chi connectivity index (χ0n) is 8.82. The van der Waals surface area contributed by atoms with E-state index in [4.69, 9.17) is 5.73 Å². The van der Waals surface area contributed by atoms with Gasteiger partial charge >= 0.3 is 0 Å². The summed E-state index contributed by atoms with van der Waals surface area (Å²) in [5.74, 6) is -0.322. The van der Waals surface area contributed by atoms with E-state index in [1.54, 1.807) is 0 Å². The number of halogens is 1. The smallest absolute Gasteiger partial charge is 0.230 e. The highest BCUT2D eigenvalue weighted by Crippen LogP contribution is 2.24. The van der Waals surface area contributed by atoms with Gasteiger partial charge in [0.25, 0.3) is 0 Å². The lowest BCUT2D eigenvalue weighted by molar-refractivity contribution is -0.120. The highest BCUT2D eigenvalue weighted by Gasteiger charge is 2.30. The molecule has 2 rings (SSSR count). The van der Waals surface area contributed by atoms with Gasteiger partial charge in [0.2, 0.25) is 5.91 Å². The number of anilines is 1. The van der Waals surface area contributed by atoms with Gasteiger partial charge in [-0.05, 0) is 25.0 Å². The molecule has 1 aromatic rings. The summed E-state index contributed by atoms with van der Waals surface area (Å²) >= 11 is 0. The molecule has 5 heteroatoms. The SMILES string of the molecule is NC1CCCC1C(=O)Nc1ccc(F)cn1. The van der Waals surface area contributed by atoms with Crippen molar-refractivity contribution >= 4 is 11.7 Å². The summed E-state index contributed by atoms with van der Waals surface area (Å²) in [5.41, 5.74) is 5.82. The maximum Gasteiger partial charge on any atom is 0.230 e. The first-order valence-corrected chi connectivity index (χ1v) is 5.35. The molecule has 1 fully saturated rings. The van der Waals surface area contributed by atoms with E-state index >= 15 is 0 Å².